The third-order valence-electron chi connectivity index (χ3n) is 2.95. The molecule has 0 saturated carbocycles. The Kier molecular flexibility index (Phi) is 3.46. The zero-order valence-corrected chi connectivity index (χ0v) is 9.76. The maximum atomic E-state index is 12.2. The van der Waals surface area contributed by atoms with E-state index in [2.05, 4.69) is 5.32 Å². The van der Waals surface area contributed by atoms with Crippen LogP contribution in [0.1, 0.15) is 23.2 Å². The van der Waals surface area contributed by atoms with E-state index in [9.17, 15) is 4.79 Å². The fraction of sp³-hybridized carbons (Fsp3) is 0.417. The van der Waals surface area contributed by atoms with Crippen molar-refractivity contribution in [2.24, 2.45) is 5.92 Å². The van der Waals surface area contributed by atoms with E-state index in [1.807, 2.05) is 0 Å². The molecule has 1 fully saturated rings. The molecule has 86 valence electrons. The topological polar surface area (TPSA) is 55.1 Å². The van der Waals surface area contributed by atoms with Gasteiger partial charge in [0.2, 0.25) is 0 Å². The number of halogens is 1. The highest BCUT2D eigenvalue weighted by Crippen LogP contribution is 2.23. The summed E-state index contributed by atoms with van der Waals surface area (Å²) in [5, 5.41) is 3.78. The number of hydrogen-bond acceptors (Lipinski definition) is 3. The summed E-state index contributed by atoms with van der Waals surface area (Å²) in [4.78, 5) is 12.2. The van der Waals surface area contributed by atoms with Gasteiger partial charge in [-0.3, -0.25) is 4.79 Å². The molecule has 1 aliphatic heterocycles. The van der Waals surface area contributed by atoms with Crippen molar-refractivity contribution in [2.75, 3.05) is 18.8 Å². The van der Waals surface area contributed by atoms with Gasteiger partial charge < -0.3 is 11.1 Å². The fourth-order valence-electron chi connectivity index (χ4n) is 2.04. The van der Waals surface area contributed by atoms with Crippen molar-refractivity contribution >= 4 is 23.1 Å². The third kappa shape index (κ3) is 2.36. The predicted octanol–water partition coefficient (Wildman–Crippen LogP) is 2.10. The van der Waals surface area contributed by atoms with Crippen molar-refractivity contribution < 1.29 is 4.79 Å². The van der Waals surface area contributed by atoms with Crippen LogP contribution in [0.25, 0.3) is 0 Å². The van der Waals surface area contributed by atoms with Gasteiger partial charge in [0.25, 0.3) is 0 Å². The molecule has 0 aliphatic carbocycles. The molecule has 1 aliphatic rings. The van der Waals surface area contributed by atoms with Gasteiger partial charge in [-0.1, -0.05) is 11.6 Å². The SMILES string of the molecule is Nc1ccc(Cl)cc1C(=O)C1CCCNC1. The van der Waals surface area contributed by atoms with Crippen molar-refractivity contribution in [3.8, 4) is 0 Å². The number of rotatable bonds is 2. The largest absolute Gasteiger partial charge is 0.398 e. The lowest BCUT2D eigenvalue weighted by Gasteiger charge is -2.22. The average Bonchev–Trinajstić information content (AvgIpc) is 2.32. The maximum absolute atomic E-state index is 12.2. The van der Waals surface area contributed by atoms with E-state index in [1.165, 1.54) is 0 Å². The van der Waals surface area contributed by atoms with Crippen LogP contribution in [0, 0.1) is 5.92 Å². The lowest BCUT2D eigenvalue weighted by atomic mass is 9.90. The first-order valence-electron chi connectivity index (χ1n) is 5.48. The van der Waals surface area contributed by atoms with E-state index in [0.29, 0.717) is 16.3 Å². The summed E-state index contributed by atoms with van der Waals surface area (Å²) in [7, 11) is 0. The van der Waals surface area contributed by atoms with Crippen molar-refractivity contribution in [1.82, 2.24) is 5.32 Å². The third-order valence-corrected chi connectivity index (χ3v) is 3.18. The van der Waals surface area contributed by atoms with Gasteiger partial charge in [-0.25, -0.2) is 0 Å². The molecule has 3 N–H and O–H groups in total. The van der Waals surface area contributed by atoms with Gasteiger partial charge in [0.05, 0.1) is 0 Å². The summed E-state index contributed by atoms with van der Waals surface area (Å²) in [6.45, 7) is 1.74. The maximum Gasteiger partial charge on any atom is 0.169 e. The second kappa shape index (κ2) is 4.85. The molecule has 0 spiro atoms. The normalized spacial score (nSPS) is 20.7. The molecule has 16 heavy (non-hydrogen) atoms. The molecule has 0 aromatic heterocycles. The highest BCUT2D eigenvalue weighted by molar-refractivity contribution is 6.31. The molecular formula is C12H15ClN2O. The van der Waals surface area contributed by atoms with Crippen LogP contribution in [-0.4, -0.2) is 18.9 Å². The van der Waals surface area contributed by atoms with E-state index < -0.39 is 0 Å². The molecule has 1 atom stereocenters. The summed E-state index contributed by atoms with van der Waals surface area (Å²) < 4.78 is 0. The van der Waals surface area contributed by atoms with Crippen molar-refractivity contribution in [1.29, 1.82) is 0 Å². The Morgan fingerprint density at radius 2 is 2.31 bits per heavy atom. The molecule has 3 nitrogen and oxygen atoms in total. The first-order chi connectivity index (χ1) is 7.68. The van der Waals surface area contributed by atoms with Gasteiger partial charge in [-0.15, -0.1) is 0 Å². The molecule has 1 saturated heterocycles. The number of nitrogens with one attached hydrogen (secondary N) is 1. The number of piperidine rings is 1. The minimum absolute atomic E-state index is 0.0366. The smallest absolute Gasteiger partial charge is 0.169 e. The van der Waals surface area contributed by atoms with Crippen LogP contribution in [0.3, 0.4) is 0 Å². The zero-order chi connectivity index (χ0) is 11.5. The quantitative estimate of drug-likeness (QED) is 0.613. The van der Waals surface area contributed by atoms with Crippen molar-refractivity contribution in [3.05, 3.63) is 28.8 Å². The van der Waals surface area contributed by atoms with Gasteiger partial charge in [0.1, 0.15) is 0 Å². The van der Waals surface area contributed by atoms with Crippen LogP contribution in [0.4, 0.5) is 5.69 Å². The Balaban J connectivity index is 2.22. The zero-order valence-electron chi connectivity index (χ0n) is 9.00. The van der Waals surface area contributed by atoms with E-state index in [0.717, 1.165) is 25.9 Å². The van der Waals surface area contributed by atoms with E-state index in [-0.39, 0.29) is 11.7 Å². The van der Waals surface area contributed by atoms with Crippen LogP contribution in [0.2, 0.25) is 5.02 Å². The second-order valence-electron chi connectivity index (χ2n) is 4.14. The standard InChI is InChI=1S/C12H15ClN2O/c13-9-3-4-11(14)10(6-9)12(16)8-2-1-5-15-7-8/h3-4,6,8,15H,1-2,5,7,14H2. The number of Topliss-reactive ketones (excluding diaryl/α,β-unsaturated/α-hetero) is 1. The van der Waals surface area contributed by atoms with Crippen LogP contribution >= 0.6 is 11.6 Å². The minimum atomic E-state index is 0.0366. The summed E-state index contributed by atoms with van der Waals surface area (Å²) in [6, 6.07) is 5.05. The number of nitrogens with two attached hydrogens (primary N) is 1. The molecular weight excluding hydrogens is 224 g/mol. The highest BCUT2D eigenvalue weighted by atomic mass is 35.5. The highest BCUT2D eigenvalue weighted by Gasteiger charge is 2.23. The van der Waals surface area contributed by atoms with Crippen LogP contribution in [-0.2, 0) is 0 Å². The summed E-state index contributed by atoms with van der Waals surface area (Å²) in [6.07, 6.45) is 1.97. The van der Waals surface area contributed by atoms with Gasteiger partial charge in [0, 0.05) is 28.7 Å². The number of carbonyl (C=O) groups excluding carboxylic acids is 1. The number of carbonyl (C=O) groups is 1. The molecule has 1 unspecified atom stereocenters. The molecule has 2 rings (SSSR count). The van der Waals surface area contributed by atoms with Gasteiger partial charge >= 0.3 is 0 Å². The number of benzene rings is 1. The number of ketones is 1. The molecule has 4 heteroatoms. The Morgan fingerprint density at radius 1 is 1.50 bits per heavy atom. The molecule has 0 radical (unpaired) electrons. The Bertz CT molecular complexity index is 400. The predicted molar refractivity (Wildman–Crippen MR) is 65.8 cm³/mol. The molecule has 1 heterocycles. The number of nitrogen functional groups attached to an aromatic ring is 1. The van der Waals surface area contributed by atoms with Gasteiger partial charge in [0.15, 0.2) is 5.78 Å². The molecule has 0 amide bonds. The van der Waals surface area contributed by atoms with Crippen molar-refractivity contribution in [3.63, 3.8) is 0 Å². The van der Waals surface area contributed by atoms with Crippen LogP contribution < -0.4 is 11.1 Å². The van der Waals surface area contributed by atoms with E-state index in [4.69, 9.17) is 17.3 Å². The molecule has 1 aromatic carbocycles. The lowest BCUT2D eigenvalue weighted by molar-refractivity contribution is 0.0900. The van der Waals surface area contributed by atoms with E-state index >= 15 is 0 Å². The Morgan fingerprint density at radius 3 is 3.00 bits per heavy atom. The summed E-state index contributed by atoms with van der Waals surface area (Å²) >= 11 is 5.88. The summed E-state index contributed by atoms with van der Waals surface area (Å²) in [5.41, 5.74) is 6.87. The second-order valence-corrected chi connectivity index (χ2v) is 4.58. The van der Waals surface area contributed by atoms with Gasteiger partial charge in [-0.2, -0.15) is 0 Å². The van der Waals surface area contributed by atoms with Gasteiger partial charge in [-0.05, 0) is 37.6 Å². The monoisotopic (exact) mass is 238 g/mol. The average molecular weight is 239 g/mol. The van der Waals surface area contributed by atoms with E-state index in [1.54, 1.807) is 18.2 Å². The lowest BCUT2D eigenvalue weighted by Crippen LogP contribution is -2.34. The minimum Gasteiger partial charge on any atom is -0.398 e. The molecule has 0 bridgehead atoms. The fourth-order valence-corrected chi connectivity index (χ4v) is 2.21. The molecule has 1 aromatic rings. The first-order valence-corrected chi connectivity index (χ1v) is 5.86. The Hall–Kier alpha value is -1.06. The van der Waals surface area contributed by atoms with Crippen LogP contribution in [0.5, 0.6) is 0 Å². The first kappa shape index (κ1) is 11.4. The van der Waals surface area contributed by atoms with Crippen molar-refractivity contribution in [2.45, 2.75) is 12.8 Å². The number of hydrogen-bond donors (Lipinski definition) is 2. The Labute approximate surface area is 100.0 Å². The number of anilines is 1. The van der Waals surface area contributed by atoms with Crippen LogP contribution in [0.15, 0.2) is 18.2 Å². The summed E-state index contributed by atoms with van der Waals surface area (Å²) in [5.74, 6) is 0.140.